The van der Waals surface area contributed by atoms with Crippen LogP contribution in [0.25, 0.3) is 0 Å². The second-order valence-corrected chi connectivity index (χ2v) is 3.85. The van der Waals surface area contributed by atoms with Crippen molar-refractivity contribution in [2.24, 2.45) is 0 Å². The molecule has 0 saturated carbocycles. The predicted molar refractivity (Wildman–Crippen MR) is 54.0 cm³/mol. The molecule has 0 spiro atoms. The molecular weight excluding hydrogens is 186 g/mol. The lowest BCUT2D eigenvalue weighted by Gasteiger charge is -2.03. The van der Waals surface area contributed by atoms with E-state index in [1.165, 1.54) is 0 Å². The van der Waals surface area contributed by atoms with Gasteiger partial charge in [-0.05, 0) is 6.92 Å². The van der Waals surface area contributed by atoms with Gasteiger partial charge in [-0.25, -0.2) is 4.98 Å². The van der Waals surface area contributed by atoms with E-state index < -0.39 is 0 Å². The van der Waals surface area contributed by atoms with E-state index in [2.05, 4.69) is 15.3 Å². The number of hydrogen-bond donors (Lipinski definition) is 2. The lowest BCUT2D eigenvalue weighted by Crippen LogP contribution is -2.17. The normalized spacial score (nSPS) is 14.2. The Morgan fingerprint density at radius 1 is 1.62 bits per heavy atom. The number of nitrogens with one attached hydrogen (secondary N) is 2. The predicted octanol–water partition coefficient (Wildman–Crippen LogP) is 0.948. The number of aromatic amines is 1. The van der Waals surface area contributed by atoms with Gasteiger partial charge in [0.15, 0.2) is 0 Å². The van der Waals surface area contributed by atoms with Gasteiger partial charge in [0, 0.05) is 23.6 Å². The molecule has 2 N–H and O–H groups in total. The highest BCUT2D eigenvalue weighted by atomic mass is 32.2. The summed E-state index contributed by atoms with van der Waals surface area (Å²) >= 11 is 1.73. The Morgan fingerprint density at radius 2 is 2.46 bits per heavy atom. The zero-order valence-corrected chi connectivity index (χ0v) is 8.20. The third-order valence-corrected chi connectivity index (χ3v) is 2.90. The first-order valence-corrected chi connectivity index (χ1v) is 5.40. The fraction of sp³-hybridized carbons (Fsp3) is 0.500. The van der Waals surface area contributed by atoms with Crippen molar-refractivity contribution in [3.05, 3.63) is 21.6 Å². The van der Waals surface area contributed by atoms with Crippen LogP contribution in [-0.4, -0.2) is 16.5 Å². The van der Waals surface area contributed by atoms with Gasteiger partial charge >= 0.3 is 0 Å². The Bertz CT molecular complexity index is 374. The van der Waals surface area contributed by atoms with Crippen LogP contribution in [0, 0.1) is 0 Å². The second kappa shape index (κ2) is 3.41. The minimum Gasteiger partial charge on any atom is -0.356 e. The summed E-state index contributed by atoms with van der Waals surface area (Å²) in [6, 6.07) is 0. The van der Waals surface area contributed by atoms with E-state index in [0.29, 0.717) is 5.95 Å². The molecule has 0 aromatic carbocycles. The van der Waals surface area contributed by atoms with Crippen molar-refractivity contribution in [2.75, 3.05) is 11.9 Å². The first-order valence-electron chi connectivity index (χ1n) is 4.25. The zero-order chi connectivity index (χ0) is 9.26. The Kier molecular flexibility index (Phi) is 2.26. The maximum absolute atomic E-state index is 11.5. The van der Waals surface area contributed by atoms with Crippen LogP contribution in [0.4, 0.5) is 5.95 Å². The first-order chi connectivity index (χ1) is 6.31. The Balaban J connectivity index is 2.44. The molecule has 0 aliphatic carbocycles. The number of hydrogen-bond acceptors (Lipinski definition) is 4. The van der Waals surface area contributed by atoms with E-state index in [9.17, 15) is 4.79 Å². The van der Waals surface area contributed by atoms with Gasteiger partial charge in [0.2, 0.25) is 5.95 Å². The van der Waals surface area contributed by atoms with Crippen molar-refractivity contribution in [1.82, 2.24) is 9.97 Å². The van der Waals surface area contributed by atoms with Gasteiger partial charge in [0.25, 0.3) is 5.56 Å². The molecule has 1 aliphatic heterocycles. The van der Waals surface area contributed by atoms with Crippen molar-refractivity contribution in [3.63, 3.8) is 0 Å². The molecule has 70 valence electrons. The Hall–Kier alpha value is -0.970. The molecule has 13 heavy (non-hydrogen) atoms. The number of nitrogens with zero attached hydrogens (tertiary/aromatic N) is 1. The Labute approximate surface area is 80.2 Å². The van der Waals surface area contributed by atoms with E-state index in [4.69, 9.17) is 0 Å². The molecule has 1 aromatic rings. The summed E-state index contributed by atoms with van der Waals surface area (Å²) in [6.07, 6.45) is 0. The molecule has 4 nitrogen and oxygen atoms in total. The number of H-pyrrole nitrogens is 1. The van der Waals surface area contributed by atoms with Gasteiger partial charge in [-0.1, -0.05) is 0 Å². The summed E-state index contributed by atoms with van der Waals surface area (Å²) < 4.78 is 0. The van der Waals surface area contributed by atoms with E-state index in [-0.39, 0.29) is 5.56 Å². The third kappa shape index (κ3) is 1.56. The van der Waals surface area contributed by atoms with Gasteiger partial charge in [-0.15, -0.1) is 0 Å². The molecule has 0 bridgehead atoms. The van der Waals surface area contributed by atoms with Gasteiger partial charge in [-0.2, -0.15) is 11.8 Å². The Morgan fingerprint density at radius 3 is 3.23 bits per heavy atom. The average Bonchev–Trinajstić information content (AvgIpc) is 2.53. The monoisotopic (exact) mass is 197 g/mol. The highest BCUT2D eigenvalue weighted by Crippen LogP contribution is 2.25. The second-order valence-electron chi connectivity index (χ2n) is 2.86. The highest BCUT2D eigenvalue weighted by molar-refractivity contribution is 7.98. The first kappa shape index (κ1) is 8.62. The molecule has 2 heterocycles. The lowest BCUT2D eigenvalue weighted by atomic mass is 10.3. The van der Waals surface area contributed by atoms with Crippen LogP contribution >= 0.6 is 11.8 Å². The average molecular weight is 197 g/mol. The molecule has 5 heteroatoms. The maximum atomic E-state index is 11.5. The van der Waals surface area contributed by atoms with Gasteiger partial charge in [0.05, 0.1) is 5.69 Å². The van der Waals surface area contributed by atoms with Crippen LogP contribution in [-0.2, 0) is 11.5 Å². The number of aromatic nitrogens is 2. The zero-order valence-electron chi connectivity index (χ0n) is 7.39. The van der Waals surface area contributed by atoms with Gasteiger partial charge < -0.3 is 5.32 Å². The topological polar surface area (TPSA) is 57.8 Å². The van der Waals surface area contributed by atoms with E-state index in [1.54, 1.807) is 11.8 Å². The summed E-state index contributed by atoms with van der Waals surface area (Å²) in [6.45, 7) is 2.75. The SMILES string of the molecule is CCNc1nc2c(c(=O)[nH]1)CSC2. The third-order valence-electron chi connectivity index (χ3n) is 1.93. The van der Waals surface area contributed by atoms with E-state index >= 15 is 0 Å². The molecule has 2 rings (SSSR count). The largest absolute Gasteiger partial charge is 0.356 e. The summed E-state index contributed by atoms with van der Waals surface area (Å²) in [5.74, 6) is 2.25. The van der Waals surface area contributed by atoms with Crippen LogP contribution < -0.4 is 10.9 Å². The van der Waals surface area contributed by atoms with Gasteiger partial charge in [0.1, 0.15) is 0 Å². The minimum atomic E-state index is 0.00551. The molecule has 0 amide bonds. The van der Waals surface area contributed by atoms with Crippen LogP contribution in [0.5, 0.6) is 0 Å². The molecule has 0 atom stereocenters. The van der Waals surface area contributed by atoms with E-state index in [0.717, 1.165) is 29.3 Å². The summed E-state index contributed by atoms with van der Waals surface area (Å²) in [4.78, 5) is 18.5. The molecule has 0 saturated heterocycles. The number of anilines is 1. The van der Waals surface area contributed by atoms with Crippen LogP contribution in [0.15, 0.2) is 4.79 Å². The van der Waals surface area contributed by atoms with Crippen molar-refractivity contribution in [3.8, 4) is 0 Å². The lowest BCUT2D eigenvalue weighted by molar-refractivity contribution is 1.000. The van der Waals surface area contributed by atoms with Crippen molar-refractivity contribution < 1.29 is 0 Å². The van der Waals surface area contributed by atoms with E-state index in [1.807, 2.05) is 6.92 Å². The molecule has 0 fully saturated rings. The maximum Gasteiger partial charge on any atom is 0.256 e. The summed E-state index contributed by atoms with van der Waals surface area (Å²) in [5, 5.41) is 3.00. The van der Waals surface area contributed by atoms with Crippen molar-refractivity contribution >= 4 is 17.7 Å². The fourth-order valence-corrected chi connectivity index (χ4v) is 2.35. The highest BCUT2D eigenvalue weighted by Gasteiger charge is 2.16. The number of rotatable bonds is 2. The van der Waals surface area contributed by atoms with Crippen molar-refractivity contribution in [1.29, 1.82) is 0 Å². The fourth-order valence-electron chi connectivity index (χ4n) is 1.31. The summed E-state index contributed by atoms with van der Waals surface area (Å²) in [5.41, 5.74) is 1.78. The van der Waals surface area contributed by atoms with Crippen LogP contribution in [0.2, 0.25) is 0 Å². The quantitative estimate of drug-likeness (QED) is 0.741. The van der Waals surface area contributed by atoms with Gasteiger partial charge in [-0.3, -0.25) is 9.78 Å². The van der Waals surface area contributed by atoms with Crippen LogP contribution in [0.1, 0.15) is 18.2 Å². The smallest absolute Gasteiger partial charge is 0.256 e. The molecule has 0 unspecified atom stereocenters. The number of thioether (sulfide) groups is 1. The molecular formula is C8H11N3OS. The standard InChI is InChI=1S/C8H11N3OS/c1-2-9-8-10-6-4-13-3-5(6)7(12)11-8/h2-4H2,1H3,(H2,9,10,11,12). The number of fused-ring (bicyclic) bond motifs is 1. The summed E-state index contributed by atoms with van der Waals surface area (Å²) in [7, 11) is 0. The van der Waals surface area contributed by atoms with Crippen molar-refractivity contribution in [2.45, 2.75) is 18.4 Å². The molecule has 1 aliphatic rings. The molecule has 1 aromatic heterocycles. The molecule has 0 radical (unpaired) electrons. The minimum absolute atomic E-state index is 0.00551. The van der Waals surface area contributed by atoms with Crippen LogP contribution in [0.3, 0.4) is 0 Å².